The predicted octanol–water partition coefficient (Wildman–Crippen LogP) is 2.22. The van der Waals surface area contributed by atoms with Crippen LogP contribution in [-0.4, -0.2) is 70.4 Å². The van der Waals surface area contributed by atoms with Crippen LogP contribution >= 0.6 is 0 Å². The van der Waals surface area contributed by atoms with Crippen LogP contribution in [0.25, 0.3) is 0 Å². The number of carbonyl (C=O) groups is 1. The van der Waals surface area contributed by atoms with Crippen molar-refractivity contribution < 1.29 is 4.79 Å². The fourth-order valence-electron chi connectivity index (χ4n) is 4.06. The molecule has 0 N–H and O–H groups in total. The lowest BCUT2D eigenvalue weighted by molar-refractivity contribution is 0.0726. The third-order valence-corrected chi connectivity index (χ3v) is 5.68. The van der Waals surface area contributed by atoms with Crippen molar-refractivity contribution in [2.45, 2.75) is 32.7 Å². The molecule has 0 saturated carbocycles. The first kappa shape index (κ1) is 18.8. The normalized spacial score (nSPS) is 20.6. The van der Waals surface area contributed by atoms with Gasteiger partial charge in [-0.15, -0.1) is 0 Å². The molecule has 2 fully saturated rings. The smallest absolute Gasteiger partial charge is 0.274 e. The van der Waals surface area contributed by atoms with Gasteiger partial charge >= 0.3 is 0 Å². The Labute approximate surface area is 166 Å². The lowest BCUT2D eigenvalue weighted by Gasteiger charge is -2.34. The van der Waals surface area contributed by atoms with Gasteiger partial charge in [-0.25, -0.2) is 4.98 Å². The summed E-state index contributed by atoms with van der Waals surface area (Å²) in [5.41, 5.74) is 4.42. The SMILES string of the molecule is Cc1cnc(C(=O)N2CCCC2c2cc(N3CCN(C)CC3)cc(C)n2)cn1. The number of aromatic nitrogens is 3. The van der Waals surface area contributed by atoms with Crippen molar-refractivity contribution in [2.75, 3.05) is 44.7 Å². The summed E-state index contributed by atoms with van der Waals surface area (Å²) in [5, 5.41) is 0. The van der Waals surface area contributed by atoms with Gasteiger partial charge in [0.25, 0.3) is 5.91 Å². The first-order valence-electron chi connectivity index (χ1n) is 10.0. The predicted molar refractivity (Wildman–Crippen MR) is 108 cm³/mol. The van der Waals surface area contributed by atoms with Gasteiger partial charge in [0.15, 0.2) is 0 Å². The molecule has 0 aromatic carbocycles. The summed E-state index contributed by atoms with van der Waals surface area (Å²) >= 11 is 0. The average Bonchev–Trinajstić information content (AvgIpc) is 3.18. The summed E-state index contributed by atoms with van der Waals surface area (Å²) < 4.78 is 0. The van der Waals surface area contributed by atoms with Gasteiger partial charge in [0.1, 0.15) is 5.69 Å². The summed E-state index contributed by atoms with van der Waals surface area (Å²) in [6.07, 6.45) is 5.14. The largest absolute Gasteiger partial charge is 0.369 e. The van der Waals surface area contributed by atoms with Crippen molar-refractivity contribution in [3.63, 3.8) is 0 Å². The van der Waals surface area contributed by atoms with E-state index in [1.165, 1.54) is 5.69 Å². The van der Waals surface area contributed by atoms with Crippen LogP contribution in [0.1, 0.15) is 46.5 Å². The molecular formula is C21H28N6O. The van der Waals surface area contributed by atoms with E-state index in [0.717, 1.165) is 62.6 Å². The molecule has 148 valence electrons. The van der Waals surface area contributed by atoms with Crippen molar-refractivity contribution in [2.24, 2.45) is 0 Å². The number of nitrogens with zero attached hydrogens (tertiary/aromatic N) is 6. The van der Waals surface area contributed by atoms with Gasteiger partial charge in [-0.05, 0) is 45.9 Å². The Kier molecular flexibility index (Phi) is 5.26. The zero-order valence-corrected chi connectivity index (χ0v) is 16.9. The Balaban J connectivity index is 1.58. The van der Waals surface area contributed by atoms with E-state index in [0.29, 0.717) is 5.69 Å². The molecule has 0 radical (unpaired) electrons. The van der Waals surface area contributed by atoms with Crippen LogP contribution in [0.15, 0.2) is 24.5 Å². The zero-order chi connectivity index (χ0) is 19.7. The Hall–Kier alpha value is -2.54. The minimum absolute atomic E-state index is 0.00159. The molecule has 1 atom stereocenters. The van der Waals surface area contributed by atoms with E-state index in [9.17, 15) is 4.79 Å². The van der Waals surface area contributed by atoms with Crippen molar-refractivity contribution in [3.8, 4) is 0 Å². The third-order valence-electron chi connectivity index (χ3n) is 5.68. The molecule has 0 spiro atoms. The lowest BCUT2D eigenvalue weighted by Crippen LogP contribution is -2.44. The Bertz CT molecular complexity index is 844. The third kappa shape index (κ3) is 3.85. The maximum Gasteiger partial charge on any atom is 0.274 e. The molecule has 4 heterocycles. The monoisotopic (exact) mass is 380 g/mol. The fraction of sp³-hybridized carbons (Fsp3) is 0.524. The van der Waals surface area contributed by atoms with E-state index in [1.807, 2.05) is 18.7 Å². The van der Waals surface area contributed by atoms with Crippen molar-refractivity contribution in [1.82, 2.24) is 24.8 Å². The Morgan fingerprint density at radius 2 is 1.79 bits per heavy atom. The highest BCUT2D eigenvalue weighted by Crippen LogP contribution is 2.34. The van der Waals surface area contributed by atoms with E-state index < -0.39 is 0 Å². The van der Waals surface area contributed by atoms with Gasteiger partial charge < -0.3 is 14.7 Å². The average molecular weight is 380 g/mol. The van der Waals surface area contributed by atoms with Crippen LogP contribution in [0.5, 0.6) is 0 Å². The van der Waals surface area contributed by atoms with E-state index in [-0.39, 0.29) is 11.9 Å². The Morgan fingerprint density at radius 1 is 1.00 bits per heavy atom. The molecule has 2 aliphatic heterocycles. The second kappa shape index (κ2) is 7.83. The van der Waals surface area contributed by atoms with Gasteiger partial charge in [0.05, 0.1) is 23.6 Å². The van der Waals surface area contributed by atoms with Crippen LogP contribution in [0.2, 0.25) is 0 Å². The Morgan fingerprint density at radius 3 is 2.50 bits per heavy atom. The second-order valence-electron chi connectivity index (χ2n) is 7.88. The number of aryl methyl sites for hydroxylation is 2. The highest BCUT2D eigenvalue weighted by molar-refractivity contribution is 5.92. The molecule has 2 aliphatic rings. The van der Waals surface area contributed by atoms with Gasteiger partial charge in [0, 0.05) is 50.3 Å². The standard InChI is InChI=1S/C21H28N6O/c1-15-11-17(26-9-7-25(3)8-10-26)12-18(24-15)20-5-4-6-27(20)21(28)19-14-22-16(2)13-23-19/h11-14,20H,4-10H2,1-3H3. The van der Waals surface area contributed by atoms with E-state index in [4.69, 9.17) is 4.98 Å². The number of hydrogen-bond acceptors (Lipinski definition) is 6. The number of likely N-dealkylation sites (tertiary alicyclic amines) is 1. The van der Waals surface area contributed by atoms with Gasteiger partial charge in [-0.2, -0.15) is 0 Å². The summed E-state index contributed by atoms with van der Waals surface area (Å²) in [6.45, 7) is 8.82. The molecule has 7 heteroatoms. The summed E-state index contributed by atoms with van der Waals surface area (Å²) in [5.74, 6) is -0.0561. The lowest BCUT2D eigenvalue weighted by atomic mass is 10.1. The minimum Gasteiger partial charge on any atom is -0.369 e. The van der Waals surface area contributed by atoms with E-state index in [2.05, 4.69) is 38.9 Å². The molecule has 7 nitrogen and oxygen atoms in total. The minimum atomic E-state index is -0.0561. The van der Waals surface area contributed by atoms with Gasteiger partial charge in [0.2, 0.25) is 0 Å². The zero-order valence-electron chi connectivity index (χ0n) is 16.9. The summed E-state index contributed by atoms with van der Waals surface area (Å²) in [6, 6.07) is 4.33. The number of hydrogen-bond donors (Lipinski definition) is 0. The van der Waals surface area contributed by atoms with Gasteiger partial charge in [-0.3, -0.25) is 14.8 Å². The molecule has 2 aromatic rings. The number of pyridine rings is 1. The number of likely N-dealkylation sites (N-methyl/N-ethyl adjacent to an activating group) is 1. The van der Waals surface area contributed by atoms with Gasteiger partial charge in [-0.1, -0.05) is 0 Å². The van der Waals surface area contributed by atoms with Crippen molar-refractivity contribution >= 4 is 11.6 Å². The number of carbonyl (C=O) groups excluding carboxylic acids is 1. The maximum absolute atomic E-state index is 13.0. The molecule has 1 unspecified atom stereocenters. The van der Waals surface area contributed by atoms with E-state index >= 15 is 0 Å². The van der Waals surface area contributed by atoms with E-state index in [1.54, 1.807) is 12.4 Å². The number of piperazine rings is 1. The van der Waals surface area contributed by atoms with Crippen LogP contribution in [0.3, 0.4) is 0 Å². The van der Waals surface area contributed by atoms with Crippen LogP contribution in [0.4, 0.5) is 5.69 Å². The van der Waals surface area contributed by atoms with Crippen molar-refractivity contribution in [1.29, 1.82) is 0 Å². The number of anilines is 1. The number of rotatable bonds is 3. The topological polar surface area (TPSA) is 65.5 Å². The summed E-state index contributed by atoms with van der Waals surface area (Å²) in [4.78, 5) is 33.0. The fourth-order valence-corrected chi connectivity index (χ4v) is 4.06. The highest BCUT2D eigenvalue weighted by atomic mass is 16.2. The maximum atomic E-state index is 13.0. The molecule has 28 heavy (non-hydrogen) atoms. The molecule has 2 aromatic heterocycles. The molecule has 0 aliphatic carbocycles. The quantitative estimate of drug-likeness (QED) is 0.814. The first-order valence-corrected chi connectivity index (χ1v) is 10.0. The second-order valence-corrected chi connectivity index (χ2v) is 7.88. The number of amides is 1. The van der Waals surface area contributed by atoms with Crippen LogP contribution < -0.4 is 4.90 Å². The molecule has 1 amide bonds. The molecule has 4 rings (SSSR count). The molecular weight excluding hydrogens is 352 g/mol. The molecule has 2 saturated heterocycles. The van der Waals surface area contributed by atoms with Crippen LogP contribution in [-0.2, 0) is 0 Å². The van der Waals surface area contributed by atoms with Crippen LogP contribution in [0, 0.1) is 13.8 Å². The summed E-state index contributed by atoms with van der Waals surface area (Å²) in [7, 11) is 2.16. The first-order chi connectivity index (χ1) is 13.5. The van der Waals surface area contributed by atoms with Crippen molar-refractivity contribution in [3.05, 3.63) is 47.3 Å². The molecule has 0 bridgehead atoms. The highest BCUT2D eigenvalue weighted by Gasteiger charge is 2.33.